The molecule has 2 aliphatic rings. The molecule has 0 radical (unpaired) electrons. The lowest BCUT2D eigenvalue weighted by Crippen LogP contribution is -2.48. The van der Waals surface area contributed by atoms with Crippen molar-refractivity contribution in [3.8, 4) is 5.88 Å². The lowest BCUT2D eigenvalue weighted by molar-refractivity contribution is 0.0750. The maximum absolute atomic E-state index is 12.9. The van der Waals surface area contributed by atoms with Gasteiger partial charge in [-0.2, -0.15) is 0 Å². The predicted octanol–water partition coefficient (Wildman–Crippen LogP) is 3.45. The molecule has 8 heteroatoms. The van der Waals surface area contributed by atoms with Crippen molar-refractivity contribution in [3.63, 3.8) is 0 Å². The summed E-state index contributed by atoms with van der Waals surface area (Å²) >= 11 is 1.48. The molecule has 0 N–H and O–H groups in total. The fraction of sp³-hybridized carbons (Fsp3) is 0.455. The molecule has 1 saturated carbocycles. The molecule has 3 heterocycles. The van der Waals surface area contributed by atoms with Gasteiger partial charge in [0.05, 0.1) is 28.2 Å². The van der Waals surface area contributed by atoms with Crippen molar-refractivity contribution < 1.29 is 9.53 Å². The van der Waals surface area contributed by atoms with Gasteiger partial charge in [-0.25, -0.2) is 15.0 Å². The molecule has 3 aromatic rings. The molecule has 1 aliphatic carbocycles. The minimum absolute atomic E-state index is 0.0976. The van der Waals surface area contributed by atoms with Gasteiger partial charge in [-0.15, -0.1) is 11.3 Å². The van der Waals surface area contributed by atoms with Gasteiger partial charge in [0.15, 0.2) is 0 Å². The van der Waals surface area contributed by atoms with Crippen LogP contribution in [0.1, 0.15) is 33.2 Å². The summed E-state index contributed by atoms with van der Waals surface area (Å²) in [6.07, 6.45) is 4.06. The molecule has 7 nitrogen and oxygen atoms in total. The van der Waals surface area contributed by atoms with Crippen molar-refractivity contribution in [2.24, 2.45) is 5.92 Å². The van der Waals surface area contributed by atoms with Gasteiger partial charge in [-0.3, -0.25) is 4.79 Å². The lowest BCUT2D eigenvalue weighted by Gasteiger charge is -2.36. The predicted molar refractivity (Wildman–Crippen MR) is 117 cm³/mol. The van der Waals surface area contributed by atoms with Crippen LogP contribution >= 0.6 is 11.3 Å². The van der Waals surface area contributed by atoms with E-state index in [1.807, 2.05) is 24.8 Å². The van der Waals surface area contributed by atoms with Gasteiger partial charge < -0.3 is 14.5 Å². The van der Waals surface area contributed by atoms with Crippen molar-refractivity contribution in [1.82, 2.24) is 19.9 Å². The average molecular weight is 424 g/mol. The summed E-state index contributed by atoms with van der Waals surface area (Å²) < 4.78 is 5.97. The van der Waals surface area contributed by atoms with Crippen LogP contribution in [0, 0.1) is 19.8 Å². The molecule has 2 aromatic heterocycles. The first kappa shape index (κ1) is 19.2. The third-order valence-electron chi connectivity index (χ3n) is 5.76. The van der Waals surface area contributed by atoms with Crippen LogP contribution in [-0.2, 0) is 0 Å². The third kappa shape index (κ3) is 3.84. The van der Waals surface area contributed by atoms with E-state index in [0.717, 1.165) is 51.9 Å². The number of hydrogen-bond acceptors (Lipinski definition) is 7. The summed E-state index contributed by atoms with van der Waals surface area (Å²) in [4.78, 5) is 31.0. The third-order valence-corrected chi connectivity index (χ3v) is 6.83. The van der Waals surface area contributed by atoms with Crippen LogP contribution in [0.5, 0.6) is 5.88 Å². The minimum Gasteiger partial charge on any atom is -0.477 e. The number of fused-ring (bicyclic) bond motifs is 1. The van der Waals surface area contributed by atoms with E-state index in [1.54, 1.807) is 6.33 Å². The molecule has 1 amide bonds. The van der Waals surface area contributed by atoms with E-state index < -0.39 is 0 Å². The molecule has 1 aromatic carbocycles. The SMILES string of the molecule is Cc1nc(C)c(C(=O)N2CCN(c3ccc4ncnc(OCC5CC5)c4c3)CC2)s1. The Morgan fingerprint density at radius 3 is 2.67 bits per heavy atom. The summed E-state index contributed by atoms with van der Waals surface area (Å²) in [7, 11) is 0. The Balaban J connectivity index is 1.30. The number of carbonyl (C=O) groups is 1. The molecular formula is C22H25N5O2S. The smallest absolute Gasteiger partial charge is 0.265 e. The number of ether oxygens (including phenoxy) is 1. The number of rotatable bonds is 5. The van der Waals surface area contributed by atoms with Crippen molar-refractivity contribution in [1.29, 1.82) is 0 Å². The van der Waals surface area contributed by atoms with Gasteiger partial charge >= 0.3 is 0 Å². The van der Waals surface area contributed by atoms with Gasteiger partial charge in [0.2, 0.25) is 5.88 Å². The van der Waals surface area contributed by atoms with Crippen molar-refractivity contribution in [3.05, 3.63) is 40.1 Å². The molecular weight excluding hydrogens is 398 g/mol. The van der Waals surface area contributed by atoms with E-state index in [0.29, 0.717) is 24.9 Å². The number of piperazine rings is 1. The Hall–Kier alpha value is -2.74. The van der Waals surface area contributed by atoms with Gasteiger partial charge in [0, 0.05) is 31.9 Å². The van der Waals surface area contributed by atoms with Crippen LogP contribution in [0.15, 0.2) is 24.5 Å². The molecule has 156 valence electrons. The number of hydrogen-bond donors (Lipinski definition) is 0. The highest BCUT2D eigenvalue weighted by atomic mass is 32.1. The number of aryl methyl sites for hydroxylation is 2. The quantitative estimate of drug-likeness (QED) is 0.626. The highest BCUT2D eigenvalue weighted by molar-refractivity contribution is 7.13. The molecule has 0 spiro atoms. The Morgan fingerprint density at radius 1 is 1.17 bits per heavy atom. The van der Waals surface area contributed by atoms with Crippen LogP contribution < -0.4 is 9.64 Å². The zero-order valence-electron chi connectivity index (χ0n) is 17.3. The van der Waals surface area contributed by atoms with Crippen molar-refractivity contribution in [2.45, 2.75) is 26.7 Å². The van der Waals surface area contributed by atoms with E-state index in [9.17, 15) is 4.79 Å². The maximum Gasteiger partial charge on any atom is 0.265 e. The van der Waals surface area contributed by atoms with E-state index in [4.69, 9.17) is 4.74 Å². The maximum atomic E-state index is 12.9. The summed E-state index contributed by atoms with van der Waals surface area (Å²) in [6.45, 7) is 7.56. The van der Waals surface area contributed by atoms with Crippen LogP contribution in [0.3, 0.4) is 0 Å². The van der Waals surface area contributed by atoms with Gasteiger partial charge in [0.25, 0.3) is 5.91 Å². The number of benzene rings is 1. The number of carbonyl (C=O) groups excluding carboxylic acids is 1. The Morgan fingerprint density at radius 2 is 1.97 bits per heavy atom. The number of amides is 1. The largest absolute Gasteiger partial charge is 0.477 e. The molecule has 2 fully saturated rings. The van der Waals surface area contributed by atoms with Gasteiger partial charge in [0.1, 0.15) is 11.2 Å². The Kier molecular flexibility index (Phi) is 5.02. The van der Waals surface area contributed by atoms with Gasteiger partial charge in [-0.05, 0) is 50.8 Å². The molecule has 0 atom stereocenters. The highest BCUT2D eigenvalue weighted by Gasteiger charge is 2.26. The summed E-state index contributed by atoms with van der Waals surface area (Å²) in [6, 6.07) is 6.23. The van der Waals surface area contributed by atoms with Crippen LogP contribution in [-0.4, -0.2) is 58.5 Å². The fourth-order valence-corrected chi connectivity index (χ4v) is 4.74. The molecule has 1 aliphatic heterocycles. The minimum atomic E-state index is 0.0976. The average Bonchev–Trinajstić information content (AvgIpc) is 3.53. The second kappa shape index (κ2) is 7.83. The zero-order chi connectivity index (χ0) is 20.7. The molecule has 0 unspecified atom stereocenters. The van der Waals surface area contributed by atoms with E-state index >= 15 is 0 Å². The number of thiazole rings is 1. The molecule has 5 rings (SSSR count). The number of nitrogens with zero attached hydrogens (tertiary/aromatic N) is 5. The monoisotopic (exact) mass is 423 g/mol. The standard InChI is InChI=1S/C22H25N5O2S/c1-14-20(30-15(2)25-14)22(28)27-9-7-26(8-10-27)17-5-6-19-18(11-17)21(24-13-23-19)29-12-16-3-4-16/h5-6,11,13,16H,3-4,7-10,12H2,1-2H3. The lowest BCUT2D eigenvalue weighted by atomic mass is 10.2. The normalized spacial score (nSPS) is 16.9. The highest BCUT2D eigenvalue weighted by Crippen LogP contribution is 2.32. The van der Waals surface area contributed by atoms with E-state index in [-0.39, 0.29) is 5.91 Å². The van der Waals surface area contributed by atoms with Crippen LogP contribution in [0.25, 0.3) is 10.9 Å². The zero-order valence-corrected chi connectivity index (χ0v) is 18.1. The first-order valence-corrected chi connectivity index (χ1v) is 11.3. The summed E-state index contributed by atoms with van der Waals surface area (Å²) in [5, 5.41) is 1.89. The number of aromatic nitrogens is 3. The topological polar surface area (TPSA) is 71.5 Å². The molecule has 0 bridgehead atoms. The van der Waals surface area contributed by atoms with E-state index in [1.165, 1.54) is 24.2 Å². The molecule has 30 heavy (non-hydrogen) atoms. The number of anilines is 1. The molecule has 1 saturated heterocycles. The fourth-order valence-electron chi connectivity index (χ4n) is 3.86. The second-order valence-electron chi connectivity index (χ2n) is 8.06. The summed E-state index contributed by atoms with van der Waals surface area (Å²) in [5.74, 6) is 1.44. The Bertz CT molecular complexity index is 1090. The van der Waals surface area contributed by atoms with E-state index in [2.05, 4.69) is 32.0 Å². The van der Waals surface area contributed by atoms with Crippen LogP contribution in [0.2, 0.25) is 0 Å². The van der Waals surface area contributed by atoms with Crippen LogP contribution in [0.4, 0.5) is 5.69 Å². The first-order valence-electron chi connectivity index (χ1n) is 10.4. The van der Waals surface area contributed by atoms with Crippen molar-refractivity contribution in [2.75, 3.05) is 37.7 Å². The first-order chi connectivity index (χ1) is 14.6. The Labute approximate surface area is 179 Å². The van der Waals surface area contributed by atoms with Crippen molar-refractivity contribution >= 4 is 33.8 Å². The summed E-state index contributed by atoms with van der Waals surface area (Å²) in [5.41, 5.74) is 2.84. The van der Waals surface area contributed by atoms with Gasteiger partial charge in [-0.1, -0.05) is 0 Å². The second-order valence-corrected chi connectivity index (χ2v) is 9.26.